The van der Waals surface area contributed by atoms with Gasteiger partial charge in [-0.05, 0) is 82.4 Å². The number of ether oxygens (including phenoxy) is 1. The molecule has 2 aromatic heterocycles. The molecular weight excluding hydrogens is 495 g/mol. The first-order valence-corrected chi connectivity index (χ1v) is 12.5. The molecule has 1 aromatic carbocycles. The highest BCUT2D eigenvalue weighted by atomic mass is 19.4. The summed E-state index contributed by atoms with van der Waals surface area (Å²) in [5.74, 6) is 0.996. The monoisotopic (exact) mass is 527 g/mol. The Hall–Kier alpha value is -3.69. The quantitative estimate of drug-likeness (QED) is 0.399. The van der Waals surface area contributed by atoms with Crippen molar-refractivity contribution in [3.8, 4) is 0 Å². The summed E-state index contributed by atoms with van der Waals surface area (Å²) in [6.45, 7) is 11.5. The van der Waals surface area contributed by atoms with Gasteiger partial charge < -0.3 is 15.0 Å². The van der Waals surface area contributed by atoms with E-state index in [1.54, 1.807) is 31.0 Å². The smallest absolute Gasteiger partial charge is 0.416 e. The lowest BCUT2D eigenvalue weighted by Gasteiger charge is -2.29. The van der Waals surface area contributed by atoms with Crippen LogP contribution in [-0.4, -0.2) is 44.6 Å². The van der Waals surface area contributed by atoms with E-state index in [1.807, 2.05) is 32.9 Å². The second kappa shape index (κ2) is 10.2. The number of aryl methyl sites for hydroxylation is 1. The van der Waals surface area contributed by atoms with Gasteiger partial charge >= 0.3 is 12.3 Å². The molecule has 0 spiro atoms. The third-order valence-corrected chi connectivity index (χ3v) is 6.40. The van der Waals surface area contributed by atoms with Crippen LogP contribution in [0.2, 0.25) is 0 Å². The van der Waals surface area contributed by atoms with Crippen molar-refractivity contribution in [1.29, 1.82) is 0 Å². The van der Waals surface area contributed by atoms with Gasteiger partial charge in [-0.1, -0.05) is 18.2 Å². The fourth-order valence-corrected chi connectivity index (χ4v) is 4.54. The van der Waals surface area contributed by atoms with Crippen molar-refractivity contribution in [2.24, 2.45) is 0 Å². The molecule has 0 aliphatic carbocycles. The molecule has 202 valence electrons. The van der Waals surface area contributed by atoms with Crippen LogP contribution >= 0.6 is 0 Å². The van der Waals surface area contributed by atoms with Gasteiger partial charge in [0.15, 0.2) is 5.65 Å². The molecule has 0 radical (unpaired) electrons. The van der Waals surface area contributed by atoms with E-state index in [0.717, 1.165) is 17.2 Å². The minimum Gasteiger partial charge on any atom is -0.444 e. The van der Waals surface area contributed by atoms with Crippen molar-refractivity contribution in [3.05, 3.63) is 64.6 Å². The van der Waals surface area contributed by atoms with Gasteiger partial charge in [-0.15, -0.1) is 0 Å². The number of hydrogen-bond donors (Lipinski definition) is 1. The average Bonchev–Trinajstić information content (AvgIpc) is 2.82. The zero-order chi connectivity index (χ0) is 27.8. The summed E-state index contributed by atoms with van der Waals surface area (Å²) in [6, 6.07) is 5.68. The molecule has 1 amide bonds. The molecule has 3 heterocycles. The van der Waals surface area contributed by atoms with Crippen LogP contribution in [0.4, 0.5) is 23.8 Å². The van der Waals surface area contributed by atoms with Gasteiger partial charge in [-0.2, -0.15) is 13.2 Å². The number of alkyl halides is 3. The molecule has 1 N–H and O–H groups in total. The van der Waals surface area contributed by atoms with E-state index < -0.39 is 23.4 Å². The first kappa shape index (κ1) is 27.3. The SMILES string of the molecule is Cc1nc(N[C@H](C)c2cccc(C(F)(F)F)c2C)c2cc(C3=CCN(C(=O)OC(C)(C)C)CC3)cnc2n1. The van der Waals surface area contributed by atoms with E-state index in [0.29, 0.717) is 47.7 Å². The molecule has 0 saturated heterocycles. The van der Waals surface area contributed by atoms with Gasteiger partial charge in [-0.3, -0.25) is 0 Å². The van der Waals surface area contributed by atoms with Crippen LogP contribution in [0.3, 0.4) is 0 Å². The van der Waals surface area contributed by atoms with E-state index in [4.69, 9.17) is 4.74 Å². The Bertz CT molecular complexity index is 1400. The van der Waals surface area contributed by atoms with Crippen molar-refractivity contribution in [3.63, 3.8) is 0 Å². The lowest BCUT2D eigenvalue weighted by molar-refractivity contribution is -0.138. The van der Waals surface area contributed by atoms with Gasteiger partial charge in [0.1, 0.15) is 17.2 Å². The first-order valence-electron chi connectivity index (χ1n) is 12.5. The van der Waals surface area contributed by atoms with Crippen molar-refractivity contribution in [1.82, 2.24) is 19.9 Å². The van der Waals surface area contributed by atoms with Crippen LogP contribution in [0.5, 0.6) is 0 Å². The maximum atomic E-state index is 13.5. The highest BCUT2D eigenvalue weighted by molar-refractivity contribution is 5.89. The molecule has 10 heteroatoms. The number of amides is 1. The van der Waals surface area contributed by atoms with Crippen molar-refractivity contribution >= 4 is 28.5 Å². The second-order valence-electron chi connectivity index (χ2n) is 10.5. The zero-order valence-electron chi connectivity index (χ0n) is 22.4. The topological polar surface area (TPSA) is 80.2 Å². The lowest BCUT2D eigenvalue weighted by atomic mass is 9.97. The summed E-state index contributed by atoms with van der Waals surface area (Å²) in [5.41, 5.74) is 1.90. The normalized spacial score (nSPS) is 15.3. The second-order valence-corrected chi connectivity index (χ2v) is 10.5. The van der Waals surface area contributed by atoms with E-state index in [2.05, 4.69) is 20.3 Å². The average molecular weight is 528 g/mol. The van der Waals surface area contributed by atoms with Crippen LogP contribution < -0.4 is 5.32 Å². The Morgan fingerprint density at radius 3 is 2.53 bits per heavy atom. The summed E-state index contributed by atoms with van der Waals surface area (Å²) in [5, 5.41) is 3.95. The molecule has 1 aliphatic heterocycles. The van der Waals surface area contributed by atoms with Crippen LogP contribution in [-0.2, 0) is 10.9 Å². The Balaban J connectivity index is 1.62. The lowest BCUT2D eigenvalue weighted by Crippen LogP contribution is -2.39. The minimum absolute atomic E-state index is 0.177. The van der Waals surface area contributed by atoms with Crippen molar-refractivity contribution < 1.29 is 22.7 Å². The summed E-state index contributed by atoms with van der Waals surface area (Å²) < 4.78 is 45.8. The highest BCUT2D eigenvalue weighted by Gasteiger charge is 2.33. The van der Waals surface area contributed by atoms with E-state index in [9.17, 15) is 18.0 Å². The summed E-state index contributed by atoms with van der Waals surface area (Å²) >= 11 is 0. The number of carbonyl (C=O) groups excluding carboxylic acids is 1. The van der Waals surface area contributed by atoms with Gasteiger partial charge in [0.2, 0.25) is 0 Å². The Kier molecular flexibility index (Phi) is 7.36. The van der Waals surface area contributed by atoms with Gasteiger partial charge in [0.05, 0.1) is 17.0 Å². The largest absolute Gasteiger partial charge is 0.444 e. The number of benzene rings is 1. The first-order chi connectivity index (χ1) is 17.7. The molecule has 1 atom stereocenters. The molecule has 0 unspecified atom stereocenters. The van der Waals surface area contributed by atoms with Crippen LogP contribution in [0.25, 0.3) is 16.6 Å². The van der Waals surface area contributed by atoms with Gasteiger partial charge in [0, 0.05) is 19.3 Å². The Morgan fingerprint density at radius 2 is 1.89 bits per heavy atom. The Morgan fingerprint density at radius 1 is 1.16 bits per heavy atom. The van der Waals surface area contributed by atoms with Crippen LogP contribution in [0, 0.1) is 13.8 Å². The van der Waals surface area contributed by atoms with Crippen molar-refractivity contribution in [2.45, 2.75) is 65.8 Å². The summed E-state index contributed by atoms with van der Waals surface area (Å²) in [4.78, 5) is 27.6. The number of nitrogens with zero attached hydrogens (tertiary/aromatic N) is 4. The molecule has 0 fully saturated rings. The molecule has 7 nitrogen and oxygen atoms in total. The summed E-state index contributed by atoms with van der Waals surface area (Å²) in [7, 11) is 0. The maximum Gasteiger partial charge on any atom is 0.416 e. The van der Waals surface area contributed by atoms with E-state index in [-0.39, 0.29) is 11.7 Å². The molecule has 38 heavy (non-hydrogen) atoms. The molecule has 3 aromatic rings. The Labute approximate surface area is 220 Å². The van der Waals surface area contributed by atoms with E-state index in [1.165, 1.54) is 13.0 Å². The standard InChI is InChI=1S/C28H32F3N5O2/c1-16-21(8-7-9-23(16)28(29,30)31)17(2)33-25-22-14-20(15-32-24(22)34-18(3)35-25)19-10-12-36(13-11-19)26(37)38-27(4,5)6/h7-10,14-15,17H,11-13H2,1-6H3,(H,32,33,34,35)/t17-/m1/s1. The minimum atomic E-state index is -4.43. The number of halogens is 3. The number of carbonyl (C=O) groups is 1. The molecule has 0 saturated carbocycles. The predicted octanol–water partition coefficient (Wildman–Crippen LogP) is 6.86. The highest BCUT2D eigenvalue weighted by Crippen LogP contribution is 2.36. The molecular formula is C28H32F3N5O2. The van der Waals surface area contributed by atoms with Gasteiger partial charge in [-0.25, -0.2) is 19.7 Å². The van der Waals surface area contributed by atoms with E-state index >= 15 is 0 Å². The fraction of sp³-hybridized carbons (Fsp3) is 0.429. The van der Waals surface area contributed by atoms with Crippen LogP contribution in [0.1, 0.15) is 68.2 Å². The zero-order valence-corrected chi connectivity index (χ0v) is 22.4. The molecule has 1 aliphatic rings. The third kappa shape index (κ3) is 6.06. The number of aromatic nitrogens is 3. The fourth-order valence-electron chi connectivity index (χ4n) is 4.54. The number of hydrogen-bond acceptors (Lipinski definition) is 6. The molecule has 0 bridgehead atoms. The summed E-state index contributed by atoms with van der Waals surface area (Å²) in [6.07, 6.45) is -0.426. The third-order valence-electron chi connectivity index (χ3n) is 6.40. The molecule has 4 rings (SSSR count). The number of fused-ring (bicyclic) bond motifs is 1. The number of rotatable bonds is 4. The maximum absolute atomic E-state index is 13.5. The van der Waals surface area contributed by atoms with Gasteiger partial charge in [0.25, 0.3) is 0 Å². The van der Waals surface area contributed by atoms with Crippen LogP contribution in [0.15, 0.2) is 36.5 Å². The number of pyridine rings is 1. The predicted molar refractivity (Wildman–Crippen MR) is 141 cm³/mol. The van der Waals surface area contributed by atoms with Crippen molar-refractivity contribution in [2.75, 3.05) is 18.4 Å². The number of nitrogens with one attached hydrogen (secondary N) is 1. The number of anilines is 1.